The Morgan fingerprint density at radius 3 is 2.62 bits per heavy atom. The van der Waals surface area contributed by atoms with E-state index in [2.05, 4.69) is 0 Å². The van der Waals surface area contributed by atoms with Gasteiger partial charge >= 0.3 is 5.97 Å². The molecule has 0 heterocycles. The predicted octanol–water partition coefficient (Wildman–Crippen LogP) is 3.23. The molecule has 16 heavy (non-hydrogen) atoms. The van der Waals surface area contributed by atoms with Crippen molar-refractivity contribution in [1.82, 2.24) is 0 Å². The molecule has 0 radical (unpaired) electrons. The van der Waals surface area contributed by atoms with Gasteiger partial charge < -0.3 is 5.11 Å². The van der Waals surface area contributed by atoms with Crippen molar-refractivity contribution in [2.75, 3.05) is 0 Å². The SMILES string of the molecule is CC1CC(C(=O)O)(c2c(F)cccc2Cl)C1. The topological polar surface area (TPSA) is 37.3 Å². The van der Waals surface area contributed by atoms with Gasteiger partial charge in [-0.05, 0) is 30.9 Å². The maximum Gasteiger partial charge on any atom is 0.314 e. The fourth-order valence-electron chi connectivity index (χ4n) is 2.57. The number of carboxylic acids is 1. The minimum atomic E-state index is -1.12. The highest BCUT2D eigenvalue weighted by Crippen LogP contribution is 2.50. The second kappa shape index (κ2) is 3.74. The van der Waals surface area contributed by atoms with Crippen molar-refractivity contribution in [3.63, 3.8) is 0 Å². The molecular formula is C12H12ClFO2. The van der Waals surface area contributed by atoms with Gasteiger partial charge in [0.15, 0.2) is 0 Å². The molecule has 1 aromatic carbocycles. The maximum absolute atomic E-state index is 13.7. The Kier molecular flexibility index (Phi) is 2.66. The summed E-state index contributed by atoms with van der Waals surface area (Å²) in [6.07, 6.45) is 0.895. The number of aliphatic carboxylic acids is 1. The summed E-state index contributed by atoms with van der Waals surface area (Å²) in [5, 5.41) is 9.48. The van der Waals surface area contributed by atoms with Crippen LogP contribution in [0.1, 0.15) is 25.3 Å². The molecule has 86 valence electrons. The smallest absolute Gasteiger partial charge is 0.314 e. The largest absolute Gasteiger partial charge is 0.481 e. The number of halogens is 2. The molecule has 0 aliphatic heterocycles. The van der Waals surface area contributed by atoms with E-state index in [1.807, 2.05) is 6.92 Å². The zero-order valence-corrected chi connectivity index (χ0v) is 9.59. The molecule has 4 heteroatoms. The van der Waals surface area contributed by atoms with E-state index in [4.69, 9.17) is 11.6 Å². The molecule has 1 saturated carbocycles. The van der Waals surface area contributed by atoms with Crippen molar-refractivity contribution in [2.45, 2.75) is 25.2 Å². The van der Waals surface area contributed by atoms with Crippen LogP contribution in [0.4, 0.5) is 4.39 Å². The summed E-state index contributed by atoms with van der Waals surface area (Å²) in [5.74, 6) is -1.22. The van der Waals surface area contributed by atoms with E-state index in [0.29, 0.717) is 18.8 Å². The van der Waals surface area contributed by atoms with Crippen LogP contribution in [0.2, 0.25) is 5.02 Å². The van der Waals surface area contributed by atoms with Gasteiger partial charge in [0.2, 0.25) is 0 Å². The third-order valence-corrected chi connectivity index (χ3v) is 3.56. The van der Waals surface area contributed by atoms with Gasteiger partial charge in [-0.25, -0.2) is 4.39 Å². The molecule has 1 fully saturated rings. The molecule has 1 N–H and O–H groups in total. The highest BCUT2D eigenvalue weighted by atomic mass is 35.5. The molecule has 0 saturated heterocycles. The molecule has 2 nitrogen and oxygen atoms in total. The van der Waals surface area contributed by atoms with E-state index < -0.39 is 17.2 Å². The van der Waals surface area contributed by atoms with Gasteiger partial charge in [-0.2, -0.15) is 0 Å². The summed E-state index contributed by atoms with van der Waals surface area (Å²) in [6, 6.07) is 4.28. The van der Waals surface area contributed by atoms with Crippen molar-refractivity contribution in [1.29, 1.82) is 0 Å². The van der Waals surface area contributed by atoms with Crippen LogP contribution in [0.3, 0.4) is 0 Å². The molecule has 1 aliphatic rings. The van der Waals surface area contributed by atoms with Gasteiger partial charge in [-0.3, -0.25) is 4.79 Å². The summed E-state index contributed by atoms with van der Waals surface area (Å²) < 4.78 is 13.7. The zero-order valence-electron chi connectivity index (χ0n) is 8.84. The Labute approximate surface area is 98.0 Å². The first-order valence-corrected chi connectivity index (χ1v) is 5.53. The average molecular weight is 243 g/mol. The molecule has 0 spiro atoms. The van der Waals surface area contributed by atoms with Crippen LogP contribution in [-0.2, 0) is 10.2 Å². The van der Waals surface area contributed by atoms with E-state index in [-0.39, 0.29) is 10.6 Å². The minimum absolute atomic E-state index is 0.141. The summed E-state index contributed by atoms with van der Waals surface area (Å²) >= 11 is 5.92. The Balaban J connectivity index is 2.53. The van der Waals surface area contributed by atoms with Gasteiger partial charge in [-0.15, -0.1) is 0 Å². The lowest BCUT2D eigenvalue weighted by atomic mass is 9.59. The molecule has 1 aliphatic carbocycles. The minimum Gasteiger partial charge on any atom is -0.481 e. The maximum atomic E-state index is 13.7. The third kappa shape index (κ3) is 1.50. The van der Waals surface area contributed by atoms with Crippen molar-refractivity contribution in [3.8, 4) is 0 Å². The number of benzene rings is 1. The van der Waals surface area contributed by atoms with Crippen molar-refractivity contribution in [3.05, 3.63) is 34.6 Å². The highest BCUT2D eigenvalue weighted by Gasteiger charge is 2.52. The first-order valence-electron chi connectivity index (χ1n) is 5.15. The number of carbonyl (C=O) groups is 1. The van der Waals surface area contributed by atoms with Crippen LogP contribution in [0.15, 0.2) is 18.2 Å². The van der Waals surface area contributed by atoms with E-state index in [1.54, 1.807) is 0 Å². The lowest BCUT2D eigenvalue weighted by molar-refractivity contribution is -0.149. The Hall–Kier alpha value is -1.09. The zero-order chi connectivity index (χ0) is 11.9. The average Bonchev–Trinajstić information content (AvgIpc) is 2.13. The Morgan fingerprint density at radius 1 is 1.56 bits per heavy atom. The summed E-state index contributed by atoms with van der Waals surface area (Å²) in [7, 11) is 0. The molecule has 0 atom stereocenters. The van der Waals surface area contributed by atoms with Crippen LogP contribution >= 0.6 is 11.6 Å². The highest BCUT2D eigenvalue weighted by molar-refractivity contribution is 6.31. The van der Waals surface area contributed by atoms with E-state index in [1.165, 1.54) is 18.2 Å². The van der Waals surface area contributed by atoms with Crippen molar-refractivity contribution in [2.24, 2.45) is 5.92 Å². The van der Waals surface area contributed by atoms with Crippen LogP contribution < -0.4 is 0 Å². The lowest BCUT2D eigenvalue weighted by Gasteiger charge is -2.43. The number of hydrogen-bond acceptors (Lipinski definition) is 1. The molecule has 0 aromatic heterocycles. The van der Waals surface area contributed by atoms with Crippen LogP contribution in [-0.4, -0.2) is 11.1 Å². The summed E-state index contributed by atoms with van der Waals surface area (Å²) in [5.41, 5.74) is -0.982. The van der Waals surface area contributed by atoms with Gasteiger partial charge in [0.05, 0.1) is 5.41 Å². The number of rotatable bonds is 2. The lowest BCUT2D eigenvalue weighted by Crippen LogP contribution is -2.47. The van der Waals surface area contributed by atoms with Crippen LogP contribution in [0.5, 0.6) is 0 Å². The van der Waals surface area contributed by atoms with Gasteiger partial charge in [0.1, 0.15) is 5.82 Å². The monoisotopic (exact) mass is 242 g/mol. The Bertz CT molecular complexity index is 418. The fourth-order valence-corrected chi connectivity index (χ4v) is 2.91. The van der Waals surface area contributed by atoms with Crippen molar-refractivity contribution >= 4 is 17.6 Å². The molecule has 0 unspecified atom stereocenters. The van der Waals surface area contributed by atoms with E-state index in [0.717, 1.165) is 0 Å². The van der Waals surface area contributed by atoms with Gasteiger partial charge in [0.25, 0.3) is 0 Å². The summed E-state index contributed by atoms with van der Waals surface area (Å²) in [4.78, 5) is 11.3. The molecule has 2 rings (SSSR count). The Morgan fingerprint density at radius 2 is 2.19 bits per heavy atom. The van der Waals surface area contributed by atoms with E-state index >= 15 is 0 Å². The number of carboxylic acid groups (broad SMARTS) is 1. The number of hydrogen-bond donors (Lipinski definition) is 1. The van der Waals surface area contributed by atoms with Crippen LogP contribution in [0.25, 0.3) is 0 Å². The van der Waals surface area contributed by atoms with E-state index in [9.17, 15) is 14.3 Å². The van der Waals surface area contributed by atoms with Crippen molar-refractivity contribution < 1.29 is 14.3 Å². The molecule has 1 aromatic rings. The van der Waals surface area contributed by atoms with Gasteiger partial charge in [-0.1, -0.05) is 24.6 Å². The standard InChI is InChI=1S/C12H12ClFO2/c1-7-5-12(6-7,11(15)16)10-8(13)3-2-4-9(10)14/h2-4,7H,5-6H2,1H3,(H,15,16). The first kappa shape index (κ1) is 11.4. The third-order valence-electron chi connectivity index (χ3n) is 3.24. The quantitative estimate of drug-likeness (QED) is 0.865. The first-order chi connectivity index (χ1) is 7.47. The second-order valence-electron chi connectivity index (χ2n) is 4.50. The normalized spacial score (nSPS) is 28.6. The predicted molar refractivity (Wildman–Crippen MR) is 59.1 cm³/mol. The fraction of sp³-hybridized carbons (Fsp3) is 0.417. The summed E-state index contributed by atoms with van der Waals surface area (Å²) in [6.45, 7) is 1.95. The van der Waals surface area contributed by atoms with Gasteiger partial charge in [0, 0.05) is 10.6 Å². The van der Waals surface area contributed by atoms with Crippen LogP contribution in [0, 0.1) is 11.7 Å². The molecular weight excluding hydrogens is 231 g/mol. The molecule has 0 bridgehead atoms. The second-order valence-corrected chi connectivity index (χ2v) is 4.90. The molecule has 0 amide bonds.